The second-order valence-electron chi connectivity index (χ2n) is 2.78. The minimum absolute atomic E-state index is 0.0391. The predicted octanol–water partition coefficient (Wildman–Crippen LogP) is 0.333. The molecule has 0 amide bonds. The van der Waals surface area contributed by atoms with Gasteiger partial charge in [0.05, 0.1) is 18.1 Å². The number of rotatable bonds is 8. The van der Waals surface area contributed by atoms with Crippen LogP contribution in [0.5, 0.6) is 0 Å². The van der Waals surface area contributed by atoms with Crippen LogP contribution in [-0.2, 0) is 19.1 Å². The highest BCUT2D eigenvalue weighted by Crippen LogP contribution is 1.92. The summed E-state index contributed by atoms with van der Waals surface area (Å²) in [5.74, 6) is -1.18. The normalized spacial score (nSPS) is 10.7. The number of carbonyl (C=O) groups excluding carboxylic acids is 1. The molecule has 0 atom stereocenters. The molecule has 104 valence electrons. The van der Waals surface area contributed by atoms with Gasteiger partial charge in [-0.2, -0.15) is 0 Å². The van der Waals surface area contributed by atoms with Crippen molar-refractivity contribution in [3.63, 3.8) is 0 Å². The smallest absolute Gasteiger partial charge is 0.511 e. The Hall–Kier alpha value is -2.26. The van der Waals surface area contributed by atoms with Crippen molar-refractivity contribution in [2.75, 3.05) is 26.5 Å². The molecule has 0 aromatic rings. The minimum Gasteiger partial charge on any atom is -0.569 e. The number of ether oxygens (including phenoxy) is 2. The molecule has 0 aliphatic rings. The van der Waals surface area contributed by atoms with Gasteiger partial charge >= 0.3 is 12.1 Å². The van der Waals surface area contributed by atoms with E-state index in [4.69, 9.17) is 5.11 Å². The second-order valence-corrected chi connectivity index (χ2v) is 2.78. The molecule has 0 saturated carbocycles. The van der Waals surface area contributed by atoms with Crippen molar-refractivity contribution in [2.24, 2.45) is 5.28 Å². The van der Waals surface area contributed by atoms with Gasteiger partial charge in [-0.1, -0.05) is 0 Å². The molecule has 0 aromatic carbocycles. The van der Waals surface area contributed by atoms with Crippen molar-refractivity contribution in [1.29, 1.82) is 0 Å². The third kappa shape index (κ3) is 7.09. The van der Waals surface area contributed by atoms with Crippen molar-refractivity contribution in [1.82, 2.24) is 5.01 Å². The first-order valence-corrected chi connectivity index (χ1v) is 5.07. The molecule has 0 saturated heterocycles. The molecule has 0 aliphatic heterocycles. The van der Waals surface area contributed by atoms with E-state index in [0.29, 0.717) is 0 Å². The first-order valence-electron chi connectivity index (χ1n) is 5.07. The number of hydrazine groups is 1. The van der Waals surface area contributed by atoms with Crippen molar-refractivity contribution < 1.29 is 34.0 Å². The largest absolute Gasteiger partial charge is 0.569 e. The number of aliphatic carboxylic acids is 1. The van der Waals surface area contributed by atoms with Crippen LogP contribution >= 0.6 is 0 Å². The zero-order valence-corrected chi connectivity index (χ0v) is 10.1. The lowest BCUT2D eigenvalue weighted by atomic mass is 10.6. The van der Waals surface area contributed by atoms with Crippen LogP contribution < -0.4 is 0 Å². The Bertz CT molecular complexity index is 307. The molecular weight excluding hydrogens is 250 g/mol. The highest BCUT2D eigenvalue weighted by atomic mass is 16.8. The van der Waals surface area contributed by atoms with Gasteiger partial charge in [-0.3, -0.25) is 4.79 Å². The van der Waals surface area contributed by atoms with E-state index in [1.807, 2.05) is 0 Å². The van der Waals surface area contributed by atoms with Gasteiger partial charge in [0, 0.05) is 0 Å². The Morgan fingerprint density at radius 3 is 2.56 bits per heavy atom. The van der Waals surface area contributed by atoms with Gasteiger partial charge in [-0.15, -0.1) is 5.01 Å². The number of carbonyl (C=O) groups is 2. The summed E-state index contributed by atoms with van der Waals surface area (Å²) in [5, 5.41) is 23.5. The van der Waals surface area contributed by atoms with Gasteiger partial charge in [0.15, 0.2) is 6.54 Å². The fourth-order valence-electron chi connectivity index (χ4n) is 0.808. The van der Waals surface area contributed by atoms with Gasteiger partial charge in [-0.05, 0) is 13.8 Å². The average molecular weight is 265 g/mol. The molecule has 0 spiro atoms. The standard InChI is InChI=1S/C8H15N3O7/c1-3-10(5-7(12)13)11(15)9-18-6-17-8(14)16-4-2/h3-6H2,1-2H3,(H,12,13). The lowest BCUT2D eigenvalue weighted by Gasteiger charge is -2.13. The number of nitrogens with zero attached hydrogens (tertiary/aromatic N) is 3. The summed E-state index contributed by atoms with van der Waals surface area (Å²) < 4.78 is 8.76. The van der Waals surface area contributed by atoms with Crippen molar-refractivity contribution in [3.05, 3.63) is 5.21 Å². The van der Waals surface area contributed by atoms with E-state index in [1.165, 1.54) is 0 Å². The van der Waals surface area contributed by atoms with Crippen LogP contribution in [-0.4, -0.2) is 53.7 Å². The van der Waals surface area contributed by atoms with Crippen LogP contribution in [0.25, 0.3) is 0 Å². The fourth-order valence-corrected chi connectivity index (χ4v) is 0.808. The first-order chi connectivity index (χ1) is 8.51. The monoisotopic (exact) mass is 265 g/mol. The van der Waals surface area contributed by atoms with Gasteiger partial charge in [0.1, 0.15) is 0 Å². The molecule has 0 rings (SSSR count). The van der Waals surface area contributed by atoms with E-state index < -0.39 is 25.5 Å². The number of hydrogen-bond acceptors (Lipinski definition) is 7. The predicted molar refractivity (Wildman–Crippen MR) is 55.0 cm³/mol. The fraction of sp³-hybridized carbons (Fsp3) is 0.750. The minimum atomic E-state index is -1.18. The Morgan fingerprint density at radius 2 is 2.06 bits per heavy atom. The van der Waals surface area contributed by atoms with Crippen LogP contribution in [0, 0.1) is 5.21 Å². The SMILES string of the molecule is CCOC(=O)OCON=[N+]([O-])N(CC)CC(=O)O. The van der Waals surface area contributed by atoms with E-state index >= 15 is 0 Å². The molecule has 1 N–H and O–H groups in total. The lowest BCUT2D eigenvalue weighted by molar-refractivity contribution is -0.709. The Morgan fingerprint density at radius 1 is 1.39 bits per heavy atom. The summed E-state index contributed by atoms with van der Waals surface area (Å²) >= 11 is 0. The molecule has 0 aliphatic carbocycles. The van der Waals surface area contributed by atoms with Gasteiger partial charge < -0.3 is 24.6 Å². The summed E-state index contributed by atoms with van der Waals surface area (Å²) in [7, 11) is 0. The Kier molecular flexibility index (Phi) is 7.73. The maximum atomic E-state index is 11.2. The maximum absolute atomic E-state index is 11.2. The first kappa shape index (κ1) is 15.7. The zero-order chi connectivity index (χ0) is 14.0. The molecule has 0 fully saturated rings. The molecular formula is C8H15N3O7. The van der Waals surface area contributed by atoms with Gasteiger partial charge in [0.25, 0.3) is 6.79 Å². The van der Waals surface area contributed by atoms with Gasteiger partial charge in [-0.25, -0.2) is 4.79 Å². The number of carboxylic acids is 1. The zero-order valence-electron chi connectivity index (χ0n) is 10.1. The van der Waals surface area contributed by atoms with Crippen molar-refractivity contribution in [2.45, 2.75) is 13.8 Å². The Labute approximate surface area is 103 Å². The Balaban J connectivity index is 4.01. The number of likely N-dealkylation sites (N-methyl/N-ethyl adjacent to an activating group) is 1. The van der Waals surface area contributed by atoms with Crippen LogP contribution in [0.2, 0.25) is 0 Å². The summed E-state index contributed by atoms with van der Waals surface area (Å²) in [6.07, 6.45) is -0.956. The summed E-state index contributed by atoms with van der Waals surface area (Å²) in [6, 6.07) is 0. The number of carboxylic acid groups (broad SMARTS) is 1. The summed E-state index contributed by atoms with van der Waals surface area (Å²) in [6.45, 7) is 2.30. The van der Waals surface area contributed by atoms with E-state index in [1.54, 1.807) is 13.8 Å². The van der Waals surface area contributed by atoms with Crippen molar-refractivity contribution >= 4 is 12.1 Å². The molecule has 18 heavy (non-hydrogen) atoms. The number of hydrogen-bond donors (Lipinski definition) is 1. The molecule has 0 heterocycles. The van der Waals surface area contributed by atoms with Crippen molar-refractivity contribution in [3.8, 4) is 0 Å². The van der Waals surface area contributed by atoms with E-state index in [-0.39, 0.29) is 18.1 Å². The quantitative estimate of drug-likeness (QED) is 0.166. The summed E-state index contributed by atoms with van der Waals surface area (Å²) in [5.41, 5.74) is 0. The third-order valence-electron chi connectivity index (χ3n) is 1.54. The highest BCUT2D eigenvalue weighted by Gasteiger charge is 2.14. The lowest BCUT2D eigenvalue weighted by Crippen LogP contribution is -2.35. The van der Waals surface area contributed by atoms with Crippen LogP contribution in [0.4, 0.5) is 4.79 Å². The van der Waals surface area contributed by atoms with E-state index in [2.05, 4.69) is 19.6 Å². The topological polar surface area (TPSA) is 124 Å². The molecule has 0 bridgehead atoms. The highest BCUT2D eigenvalue weighted by molar-refractivity contribution is 5.68. The third-order valence-corrected chi connectivity index (χ3v) is 1.54. The van der Waals surface area contributed by atoms with E-state index in [0.717, 1.165) is 5.01 Å². The van der Waals surface area contributed by atoms with Crippen LogP contribution in [0.15, 0.2) is 5.28 Å². The van der Waals surface area contributed by atoms with Crippen LogP contribution in [0.1, 0.15) is 13.8 Å². The molecule has 0 aromatic heterocycles. The van der Waals surface area contributed by atoms with E-state index in [9.17, 15) is 14.8 Å². The molecule has 10 heteroatoms. The van der Waals surface area contributed by atoms with Crippen LogP contribution in [0.3, 0.4) is 0 Å². The van der Waals surface area contributed by atoms with Gasteiger partial charge in [0.2, 0.25) is 5.28 Å². The summed E-state index contributed by atoms with van der Waals surface area (Å²) in [4.78, 5) is 25.4. The molecule has 0 radical (unpaired) electrons. The molecule has 0 unspecified atom stereocenters. The maximum Gasteiger partial charge on any atom is 0.511 e. The average Bonchev–Trinajstić information content (AvgIpc) is 2.31. The second kappa shape index (κ2) is 8.84. The molecule has 10 nitrogen and oxygen atoms in total.